The van der Waals surface area contributed by atoms with Crippen LogP contribution < -0.4 is 15.7 Å². The summed E-state index contributed by atoms with van der Waals surface area (Å²) in [6, 6.07) is 7.35. The molecule has 0 fully saturated rings. The van der Waals surface area contributed by atoms with E-state index in [0.717, 1.165) is 35.2 Å². The molecule has 1 amide bonds. The summed E-state index contributed by atoms with van der Waals surface area (Å²) in [5.41, 5.74) is 4.16. The lowest BCUT2D eigenvalue weighted by molar-refractivity contribution is -0.121. The Balaban J connectivity index is 1.50. The molecule has 4 rings (SSSR count). The van der Waals surface area contributed by atoms with Gasteiger partial charge in [-0.3, -0.25) is 14.2 Å². The SMILES string of the molecule is COc1ccccc1/C=N\NC(=O)Cn1cnc2sc3c(c2c1=O)CCC(C)C3. The number of carbonyl (C=O) groups excluding carboxylic acids is 1. The van der Waals surface area contributed by atoms with Crippen molar-refractivity contribution in [2.45, 2.75) is 32.7 Å². The minimum atomic E-state index is -0.392. The molecule has 8 heteroatoms. The minimum Gasteiger partial charge on any atom is -0.496 e. The second-order valence-corrected chi connectivity index (χ2v) is 8.33. The number of hydrogen-bond donors (Lipinski definition) is 1. The monoisotopic (exact) mass is 410 g/mol. The van der Waals surface area contributed by atoms with Gasteiger partial charge in [0.25, 0.3) is 11.5 Å². The Kier molecular flexibility index (Phi) is 5.44. The molecule has 0 bridgehead atoms. The van der Waals surface area contributed by atoms with Crippen LogP contribution in [0.25, 0.3) is 10.2 Å². The van der Waals surface area contributed by atoms with Gasteiger partial charge in [0, 0.05) is 10.4 Å². The molecule has 1 aliphatic rings. The van der Waals surface area contributed by atoms with Gasteiger partial charge in [-0.2, -0.15) is 5.10 Å². The number of nitrogens with one attached hydrogen (secondary N) is 1. The highest BCUT2D eigenvalue weighted by Crippen LogP contribution is 2.35. The maximum Gasteiger partial charge on any atom is 0.262 e. The van der Waals surface area contributed by atoms with Gasteiger partial charge in [-0.05, 0) is 42.9 Å². The van der Waals surface area contributed by atoms with Crippen LogP contribution in [0.2, 0.25) is 0 Å². The molecule has 2 aromatic heterocycles. The van der Waals surface area contributed by atoms with Crippen molar-refractivity contribution in [3.63, 3.8) is 0 Å². The molecule has 1 N–H and O–H groups in total. The number of aromatic nitrogens is 2. The number of ether oxygens (including phenoxy) is 1. The van der Waals surface area contributed by atoms with Gasteiger partial charge in [0.1, 0.15) is 17.1 Å². The van der Waals surface area contributed by atoms with Crippen molar-refractivity contribution in [3.8, 4) is 5.75 Å². The molecule has 2 heterocycles. The van der Waals surface area contributed by atoms with Crippen molar-refractivity contribution >= 4 is 33.7 Å². The Bertz CT molecular complexity index is 1150. The number of hydrogen-bond acceptors (Lipinski definition) is 6. The first-order valence-electron chi connectivity index (χ1n) is 9.51. The maximum atomic E-state index is 13.0. The van der Waals surface area contributed by atoms with Gasteiger partial charge in [0.2, 0.25) is 0 Å². The summed E-state index contributed by atoms with van der Waals surface area (Å²) in [5.74, 6) is 0.898. The number of aryl methyl sites for hydroxylation is 1. The number of thiophene rings is 1. The maximum absolute atomic E-state index is 13.0. The van der Waals surface area contributed by atoms with Crippen LogP contribution in [0.1, 0.15) is 29.3 Å². The van der Waals surface area contributed by atoms with Crippen molar-refractivity contribution in [2.75, 3.05) is 7.11 Å². The lowest BCUT2D eigenvalue weighted by atomic mass is 9.89. The van der Waals surface area contributed by atoms with Gasteiger partial charge in [-0.1, -0.05) is 19.1 Å². The van der Waals surface area contributed by atoms with Crippen LogP contribution >= 0.6 is 11.3 Å². The molecule has 0 aliphatic heterocycles. The second-order valence-electron chi connectivity index (χ2n) is 7.24. The molecule has 0 radical (unpaired) electrons. The van der Waals surface area contributed by atoms with Crippen LogP contribution in [0.4, 0.5) is 0 Å². The van der Waals surface area contributed by atoms with E-state index >= 15 is 0 Å². The predicted octanol–water partition coefficient (Wildman–Crippen LogP) is 2.74. The van der Waals surface area contributed by atoms with Crippen LogP contribution in [0.3, 0.4) is 0 Å². The minimum absolute atomic E-state index is 0.133. The third-order valence-electron chi connectivity index (χ3n) is 5.13. The van der Waals surface area contributed by atoms with Crippen LogP contribution in [0.5, 0.6) is 5.75 Å². The molecule has 1 aromatic carbocycles. The first-order chi connectivity index (χ1) is 14.1. The molecule has 0 spiro atoms. The van der Waals surface area contributed by atoms with E-state index in [4.69, 9.17) is 4.74 Å². The average Bonchev–Trinajstić information content (AvgIpc) is 3.08. The zero-order valence-electron chi connectivity index (χ0n) is 16.3. The highest BCUT2D eigenvalue weighted by Gasteiger charge is 2.23. The van der Waals surface area contributed by atoms with E-state index in [9.17, 15) is 9.59 Å². The summed E-state index contributed by atoms with van der Waals surface area (Å²) in [6.45, 7) is 2.10. The van der Waals surface area contributed by atoms with Crippen LogP contribution in [0.15, 0.2) is 40.5 Å². The summed E-state index contributed by atoms with van der Waals surface area (Å²) in [7, 11) is 1.57. The van der Waals surface area contributed by atoms with Crippen molar-refractivity contribution < 1.29 is 9.53 Å². The molecule has 150 valence electrons. The highest BCUT2D eigenvalue weighted by atomic mass is 32.1. The van der Waals surface area contributed by atoms with E-state index in [-0.39, 0.29) is 12.1 Å². The van der Waals surface area contributed by atoms with Crippen molar-refractivity contribution in [1.29, 1.82) is 0 Å². The van der Waals surface area contributed by atoms with Gasteiger partial charge >= 0.3 is 0 Å². The molecule has 1 aliphatic carbocycles. The number of nitrogens with zero attached hydrogens (tertiary/aromatic N) is 3. The molecule has 3 aromatic rings. The topological polar surface area (TPSA) is 85.6 Å². The van der Waals surface area contributed by atoms with E-state index in [2.05, 4.69) is 22.4 Å². The van der Waals surface area contributed by atoms with Crippen molar-refractivity contribution in [1.82, 2.24) is 15.0 Å². The van der Waals surface area contributed by atoms with Crippen LogP contribution in [-0.2, 0) is 24.2 Å². The Morgan fingerprint density at radius 3 is 3.10 bits per heavy atom. The van der Waals surface area contributed by atoms with Crippen LogP contribution in [0, 0.1) is 5.92 Å². The Morgan fingerprint density at radius 1 is 1.45 bits per heavy atom. The van der Waals surface area contributed by atoms with E-state index in [1.54, 1.807) is 18.4 Å². The number of amides is 1. The number of hydrazone groups is 1. The number of benzene rings is 1. The molecule has 1 unspecified atom stereocenters. The van der Waals surface area contributed by atoms with E-state index in [0.29, 0.717) is 17.1 Å². The zero-order chi connectivity index (χ0) is 20.4. The van der Waals surface area contributed by atoms with Gasteiger partial charge in [0.15, 0.2) is 0 Å². The summed E-state index contributed by atoms with van der Waals surface area (Å²) >= 11 is 1.60. The highest BCUT2D eigenvalue weighted by molar-refractivity contribution is 7.18. The molecule has 7 nitrogen and oxygen atoms in total. The van der Waals surface area contributed by atoms with Crippen molar-refractivity contribution in [3.05, 3.63) is 57.0 Å². The Hall–Kier alpha value is -3.00. The molecular weight excluding hydrogens is 388 g/mol. The first-order valence-corrected chi connectivity index (χ1v) is 10.3. The third-order valence-corrected chi connectivity index (χ3v) is 6.29. The van der Waals surface area contributed by atoms with E-state index in [1.807, 2.05) is 24.3 Å². The van der Waals surface area contributed by atoms with Crippen molar-refractivity contribution in [2.24, 2.45) is 11.0 Å². The number of methoxy groups -OCH3 is 1. The number of rotatable bonds is 5. The fraction of sp³-hybridized carbons (Fsp3) is 0.333. The number of fused-ring (bicyclic) bond motifs is 3. The normalized spacial score (nSPS) is 16.1. The van der Waals surface area contributed by atoms with Gasteiger partial charge in [-0.15, -0.1) is 11.3 Å². The standard InChI is InChI=1S/C21H22N4O3S/c1-13-7-8-15-17(9-13)29-20-19(15)21(27)25(12-22-20)11-18(26)24-23-10-14-5-3-4-6-16(14)28-2/h3-6,10,12-13H,7-9,11H2,1-2H3,(H,24,26)/b23-10-. The molecule has 1 atom stereocenters. The summed E-state index contributed by atoms with van der Waals surface area (Å²) < 4.78 is 6.59. The molecule has 0 saturated heterocycles. The fourth-order valence-corrected chi connectivity index (χ4v) is 4.96. The zero-order valence-corrected chi connectivity index (χ0v) is 17.2. The summed E-state index contributed by atoms with van der Waals surface area (Å²) in [5, 5.41) is 4.64. The quantitative estimate of drug-likeness (QED) is 0.518. The van der Waals surface area contributed by atoms with Gasteiger partial charge in [0.05, 0.1) is 25.0 Å². The van der Waals surface area contributed by atoms with E-state index < -0.39 is 5.91 Å². The average molecular weight is 410 g/mol. The summed E-state index contributed by atoms with van der Waals surface area (Å²) in [4.78, 5) is 31.7. The largest absolute Gasteiger partial charge is 0.496 e. The lowest BCUT2D eigenvalue weighted by Gasteiger charge is -2.17. The van der Waals surface area contributed by atoms with Gasteiger partial charge < -0.3 is 4.74 Å². The van der Waals surface area contributed by atoms with Crippen LogP contribution in [-0.4, -0.2) is 28.8 Å². The Labute approximate surface area is 172 Å². The molecular formula is C21H22N4O3S. The second kappa shape index (κ2) is 8.16. The Morgan fingerprint density at radius 2 is 2.28 bits per heavy atom. The molecule has 0 saturated carbocycles. The predicted molar refractivity (Wildman–Crippen MR) is 114 cm³/mol. The van der Waals surface area contributed by atoms with E-state index in [1.165, 1.54) is 22.0 Å². The third kappa shape index (κ3) is 3.93. The molecule has 29 heavy (non-hydrogen) atoms. The lowest BCUT2D eigenvalue weighted by Crippen LogP contribution is -2.30. The first kappa shape index (κ1) is 19.3. The smallest absolute Gasteiger partial charge is 0.262 e. The number of carbonyl (C=O) groups is 1. The van der Waals surface area contributed by atoms with Gasteiger partial charge in [-0.25, -0.2) is 10.4 Å². The fourth-order valence-electron chi connectivity index (χ4n) is 3.62. The summed E-state index contributed by atoms with van der Waals surface area (Å²) in [6.07, 6.45) is 5.92. The number of para-hydroxylation sites is 1.